The fourth-order valence-electron chi connectivity index (χ4n) is 2.42. The molecule has 2 rings (SSSR count). The van der Waals surface area contributed by atoms with E-state index >= 15 is 0 Å². The first-order valence-corrected chi connectivity index (χ1v) is 8.75. The van der Waals surface area contributed by atoms with Crippen LogP contribution in [0.2, 0.25) is 0 Å². The zero-order valence-electron chi connectivity index (χ0n) is 16.4. The van der Waals surface area contributed by atoms with Gasteiger partial charge in [0.15, 0.2) is 0 Å². The Balaban J connectivity index is 2.09. The molecule has 0 aromatic heterocycles. The largest absolute Gasteiger partial charge is 0.497 e. The Morgan fingerprint density at radius 1 is 1.14 bits per heavy atom. The smallest absolute Gasteiger partial charge is 0.407 e. The second-order valence-corrected chi connectivity index (χ2v) is 7.03. The highest BCUT2D eigenvalue weighted by Gasteiger charge is 2.15. The van der Waals surface area contributed by atoms with Crippen molar-refractivity contribution in [1.29, 1.82) is 0 Å². The number of benzene rings is 2. The molecule has 0 aliphatic carbocycles. The first kappa shape index (κ1) is 21.2. The van der Waals surface area contributed by atoms with Crippen molar-refractivity contribution in [2.75, 3.05) is 20.3 Å². The van der Waals surface area contributed by atoms with E-state index in [4.69, 9.17) is 14.2 Å². The molecule has 0 unspecified atom stereocenters. The SMILES string of the molecule is COc1ccc(F)c(-c2cc(C=O)cc(OCCNC(=O)OC(C)(C)C)c2)c1. The minimum atomic E-state index is -0.584. The predicted molar refractivity (Wildman–Crippen MR) is 104 cm³/mol. The number of hydrogen-bond donors (Lipinski definition) is 1. The molecular formula is C21H24FNO5. The number of hydrogen-bond acceptors (Lipinski definition) is 5. The number of alkyl carbamates (subject to hydrolysis) is 1. The quantitative estimate of drug-likeness (QED) is 0.567. The molecule has 2 aromatic carbocycles. The summed E-state index contributed by atoms with van der Waals surface area (Å²) in [6, 6.07) is 9.10. The summed E-state index contributed by atoms with van der Waals surface area (Å²) < 4.78 is 30.1. The van der Waals surface area contributed by atoms with Crippen LogP contribution in [0.15, 0.2) is 36.4 Å². The summed E-state index contributed by atoms with van der Waals surface area (Å²) >= 11 is 0. The standard InChI is InChI=1S/C21H24FNO5/c1-21(2,3)28-20(25)23-7-8-27-17-10-14(13-24)9-15(11-17)18-12-16(26-4)5-6-19(18)22/h5-6,9-13H,7-8H2,1-4H3,(H,23,25). The molecule has 0 aliphatic rings. The molecular weight excluding hydrogens is 365 g/mol. The van der Waals surface area contributed by atoms with Crippen molar-refractivity contribution in [3.8, 4) is 22.6 Å². The Morgan fingerprint density at radius 2 is 1.89 bits per heavy atom. The number of amides is 1. The van der Waals surface area contributed by atoms with Gasteiger partial charge in [0.25, 0.3) is 0 Å². The van der Waals surface area contributed by atoms with E-state index in [0.717, 1.165) is 0 Å². The molecule has 0 atom stereocenters. The van der Waals surface area contributed by atoms with Crippen molar-refractivity contribution in [3.05, 3.63) is 47.8 Å². The van der Waals surface area contributed by atoms with Crippen LogP contribution >= 0.6 is 0 Å². The fourth-order valence-corrected chi connectivity index (χ4v) is 2.42. The molecule has 28 heavy (non-hydrogen) atoms. The highest BCUT2D eigenvalue weighted by Crippen LogP contribution is 2.30. The van der Waals surface area contributed by atoms with E-state index in [2.05, 4.69) is 5.32 Å². The van der Waals surface area contributed by atoms with Gasteiger partial charge >= 0.3 is 6.09 Å². The van der Waals surface area contributed by atoms with Gasteiger partial charge in [-0.2, -0.15) is 0 Å². The highest BCUT2D eigenvalue weighted by atomic mass is 19.1. The number of methoxy groups -OCH3 is 1. The number of nitrogens with one attached hydrogen (secondary N) is 1. The van der Waals surface area contributed by atoms with E-state index in [1.165, 1.54) is 19.2 Å². The molecule has 2 aromatic rings. The second-order valence-electron chi connectivity index (χ2n) is 7.03. The van der Waals surface area contributed by atoms with Crippen LogP contribution in [-0.2, 0) is 4.74 Å². The lowest BCUT2D eigenvalue weighted by atomic mass is 10.0. The van der Waals surface area contributed by atoms with E-state index in [0.29, 0.717) is 34.5 Å². The maximum absolute atomic E-state index is 14.2. The molecule has 0 bridgehead atoms. The van der Waals surface area contributed by atoms with Crippen LogP contribution in [0.3, 0.4) is 0 Å². The zero-order valence-corrected chi connectivity index (χ0v) is 16.4. The molecule has 0 fully saturated rings. The zero-order chi connectivity index (χ0) is 20.7. The van der Waals surface area contributed by atoms with Gasteiger partial charge in [0.05, 0.1) is 13.7 Å². The lowest BCUT2D eigenvalue weighted by molar-refractivity contribution is 0.0520. The monoisotopic (exact) mass is 389 g/mol. The third kappa shape index (κ3) is 6.26. The van der Waals surface area contributed by atoms with Gasteiger partial charge in [-0.1, -0.05) is 0 Å². The molecule has 7 heteroatoms. The minimum absolute atomic E-state index is 0.154. The van der Waals surface area contributed by atoms with Gasteiger partial charge in [-0.25, -0.2) is 9.18 Å². The Kier molecular flexibility index (Phi) is 6.98. The van der Waals surface area contributed by atoms with E-state index in [9.17, 15) is 14.0 Å². The Labute approximate surface area is 163 Å². The summed E-state index contributed by atoms with van der Waals surface area (Å²) in [5.74, 6) is 0.436. The molecule has 150 valence electrons. The number of aldehydes is 1. The third-order valence-electron chi connectivity index (χ3n) is 3.59. The van der Waals surface area contributed by atoms with Crippen LogP contribution < -0.4 is 14.8 Å². The van der Waals surface area contributed by atoms with Crippen molar-refractivity contribution < 1.29 is 28.2 Å². The van der Waals surface area contributed by atoms with Crippen molar-refractivity contribution >= 4 is 12.4 Å². The Hall–Kier alpha value is -3.09. The average Bonchev–Trinajstić information content (AvgIpc) is 2.64. The number of carbonyl (C=O) groups excluding carboxylic acids is 2. The van der Waals surface area contributed by atoms with Gasteiger partial charge in [-0.05, 0) is 62.7 Å². The molecule has 0 aliphatic heterocycles. The van der Waals surface area contributed by atoms with E-state index in [-0.39, 0.29) is 13.2 Å². The predicted octanol–water partition coefficient (Wildman–Crippen LogP) is 4.22. The summed E-state index contributed by atoms with van der Waals surface area (Å²) in [4.78, 5) is 22.9. The van der Waals surface area contributed by atoms with Crippen molar-refractivity contribution in [1.82, 2.24) is 5.32 Å². The molecule has 0 saturated carbocycles. The van der Waals surface area contributed by atoms with Crippen LogP contribution in [0, 0.1) is 5.82 Å². The molecule has 0 heterocycles. The normalized spacial score (nSPS) is 10.9. The Bertz CT molecular complexity index is 845. The maximum atomic E-state index is 14.2. The van der Waals surface area contributed by atoms with Gasteiger partial charge in [-0.3, -0.25) is 4.79 Å². The summed E-state index contributed by atoms with van der Waals surface area (Å²) in [6.45, 7) is 5.68. The van der Waals surface area contributed by atoms with Crippen LogP contribution in [0.5, 0.6) is 11.5 Å². The molecule has 1 N–H and O–H groups in total. The number of halogens is 1. The summed E-state index contributed by atoms with van der Waals surface area (Å²) in [6.07, 6.45) is 0.116. The number of rotatable bonds is 7. The van der Waals surface area contributed by atoms with E-state index < -0.39 is 17.5 Å². The van der Waals surface area contributed by atoms with Crippen LogP contribution in [0.1, 0.15) is 31.1 Å². The number of ether oxygens (including phenoxy) is 3. The topological polar surface area (TPSA) is 73.9 Å². The van der Waals surface area contributed by atoms with Gasteiger partial charge in [0, 0.05) is 11.1 Å². The average molecular weight is 389 g/mol. The fraction of sp³-hybridized carbons (Fsp3) is 0.333. The lowest BCUT2D eigenvalue weighted by Crippen LogP contribution is -2.34. The molecule has 6 nitrogen and oxygen atoms in total. The van der Waals surface area contributed by atoms with Gasteiger partial charge in [-0.15, -0.1) is 0 Å². The third-order valence-corrected chi connectivity index (χ3v) is 3.59. The van der Waals surface area contributed by atoms with Crippen LogP contribution in [-0.4, -0.2) is 38.2 Å². The summed E-state index contributed by atoms with van der Waals surface area (Å²) in [7, 11) is 1.49. The van der Waals surface area contributed by atoms with Crippen molar-refractivity contribution in [2.45, 2.75) is 26.4 Å². The molecule has 0 radical (unpaired) electrons. The van der Waals surface area contributed by atoms with Gasteiger partial charge in [0.1, 0.15) is 35.8 Å². The highest BCUT2D eigenvalue weighted by molar-refractivity contribution is 5.80. The summed E-state index contributed by atoms with van der Waals surface area (Å²) in [5, 5.41) is 2.58. The second kappa shape index (κ2) is 9.21. The van der Waals surface area contributed by atoms with Crippen molar-refractivity contribution in [2.24, 2.45) is 0 Å². The van der Waals surface area contributed by atoms with Crippen molar-refractivity contribution in [3.63, 3.8) is 0 Å². The van der Waals surface area contributed by atoms with Gasteiger partial charge in [0.2, 0.25) is 0 Å². The van der Waals surface area contributed by atoms with E-state index in [1.807, 2.05) is 0 Å². The lowest BCUT2D eigenvalue weighted by Gasteiger charge is -2.19. The maximum Gasteiger partial charge on any atom is 0.407 e. The summed E-state index contributed by atoms with van der Waals surface area (Å²) in [5.41, 5.74) is 0.532. The van der Waals surface area contributed by atoms with Crippen LogP contribution in [0.25, 0.3) is 11.1 Å². The molecule has 1 amide bonds. The van der Waals surface area contributed by atoms with E-state index in [1.54, 1.807) is 45.0 Å². The van der Waals surface area contributed by atoms with Crippen LogP contribution in [0.4, 0.5) is 9.18 Å². The molecule has 0 spiro atoms. The first-order valence-electron chi connectivity index (χ1n) is 8.75. The molecule has 0 saturated heterocycles. The van der Waals surface area contributed by atoms with Gasteiger partial charge < -0.3 is 19.5 Å². The minimum Gasteiger partial charge on any atom is -0.497 e. The first-order chi connectivity index (χ1) is 13.2. The number of carbonyl (C=O) groups is 2. The Morgan fingerprint density at radius 3 is 2.54 bits per heavy atom.